The summed E-state index contributed by atoms with van der Waals surface area (Å²) in [6.45, 7) is 12.9. The van der Waals surface area contributed by atoms with E-state index in [1.807, 2.05) is 31.3 Å². The summed E-state index contributed by atoms with van der Waals surface area (Å²) >= 11 is 0. The quantitative estimate of drug-likeness (QED) is 0.771. The highest BCUT2D eigenvalue weighted by Gasteiger charge is 2.38. The number of fused-ring (bicyclic) bond motifs is 1. The number of hydrogen-bond acceptors (Lipinski definition) is 4. The minimum absolute atomic E-state index is 0.249. The zero-order valence-electron chi connectivity index (χ0n) is 16.9. The Bertz CT molecular complexity index is 876. The Balaban J connectivity index is 2.38. The number of hydrogen-bond donors (Lipinski definition) is 2. The number of benzene rings is 1. The van der Waals surface area contributed by atoms with Crippen molar-refractivity contribution in [2.75, 3.05) is 7.11 Å². The molecule has 0 aliphatic carbocycles. The summed E-state index contributed by atoms with van der Waals surface area (Å²) in [5.74, 6) is -0.543. The van der Waals surface area contributed by atoms with Gasteiger partial charge in [-0.2, -0.15) is 0 Å². The Morgan fingerprint density at radius 3 is 2.44 bits per heavy atom. The second-order valence-electron chi connectivity index (χ2n) is 7.95. The topological polar surface area (TPSA) is 80.4 Å². The van der Waals surface area contributed by atoms with Gasteiger partial charge in [0.25, 0.3) is 0 Å². The highest BCUT2D eigenvalue weighted by molar-refractivity contribution is 5.94. The predicted molar refractivity (Wildman–Crippen MR) is 107 cm³/mol. The van der Waals surface area contributed by atoms with Crippen LogP contribution in [0.15, 0.2) is 31.0 Å². The lowest BCUT2D eigenvalue weighted by Crippen LogP contribution is -2.55. The van der Waals surface area contributed by atoms with E-state index in [-0.39, 0.29) is 6.42 Å². The SMILES string of the molecule is C=C(C)c1cccc2c(C[C@](C)(NC(=O)OC(C)(C)C)C(=O)OC)c[nH]c12. The average molecular weight is 372 g/mol. The summed E-state index contributed by atoms with van der Waals surface area (Å²) in [5, 5.41) is 3.64. The van der Waals surface area contributed by atoms with Crippen LogP contribution >= 0.6 is 0 Å². The van der Waals surface area contributed by atoms with Crippen molar-refractivity contribution in [1.82, 2.24) is 10.3 Å². The molecular weight excluding hydrogens is 344 g/mol. The van der Waals surface area contributed by atoms with Crippen molar-refractivity contribution in [3.63, 3.8) is 0 Å². The second-order valence-corrected chi connectivity index (χ2v) is 7.95. The van der Waals surface area contributed by atoms with Crippen LogP contribution in [0, 0.1) is 0 Å². The number of aromatic amines is 1. The number of esters is 1. The Kier molecular flexibility index (Phi) is 5.68. The van der Waals surface area contributed by atoms with E-state index in [1.54, 1.807) is 27.7 Å². The highest BCUT2D eigenvalue weighted by Crippen LogP contribution is 2.28. The number of ether oxygens (including phenoxy) is 2. The molecule has 146 valence electrons. The third-order valence-electron chi connectivity index (χ3n) is 4.22. The molecule has 0 radical (unpaired) electrons. The largest absolute Gasteiger partial charge is 0.467 e. The fraction of sp³-hybridized carbons (Fsp3) is 0.429. The fourth-order valence-electron chi connectivity index (χ4n) is 3.02. The number of aromatic nitrogens is 1. The molecule has 0 fully saturated rings. The average Bonchev–Trinajstić information content (AvgIpc) is 2.94. The number of carbonyl (C=O) groups is 2. The summed E-state index contributed by atoms with van der Waals surface area (Å²) in [5.41, 5.74) is 1.85. The summed E-state index contributed by atoms with van der Waals surface area (Å²) in [6.07, 6.45) is 1.42. The van der Waals surface area contributed by atoms with Crippen LogP contribution in [0.1, 0.15) is 45.7 Å². The van der Waals surface area contributed by atoms with Crippen LogP contribution < -0.4 is 5.32 Å². The zero-order chi connectivity index (χ0) is 20.4. The normalized spacial score (nSPS) is 13.7. The van der Waals surface area contributed by atoms with Gasteiger partial charge in [-0.05, 0) is 45.8 Å². The van der Waals surface area contributed by atoms with E-state index in [2.05, 4.69) is 16.9 Å². The minimum Gasteiger partial charge on any atom is -0.467 e. The monoisotopic (exact) mass is 372 g/mol. The van der Waals surface area contributed by atoms with Gasteiger partial charge in [-0.15, -0.1) is 0 Å². The Morgan fingerprint density at radius 1 is 1.22 bits per heavy atom. The number of allylic oxidation sites excluding steroid dienone is 1. The smallest absolute Gasteiger partial charge is 0.408 e. The number of para-hydroxylation sites is 1. The van der Waals surface area contributed by atoms with Crippen molar-refractivity contribution in [1.29, 1.82) is 0 Å². The molecule has 2 N–H and O–H groups in total. The molecule has 0 aliphatic rings. The van der Waals surface area contributed by atoms with E-state index in [9.17, 15) is 9.59 Å². The van der Waals surface area contributed by atoms with Gasteiger partial charge in [0.1, 0.15) is 11.1 Å². The molecule has 1 atom stereocenters. The van der Waals surface area contributed by atoms with E-state index in [0.29, 0.717) is 0 Å². The first-order valence-electron chi connectivity index (χ1n) is 8.81. The van der Waals surface area contributed by atoms with Gasteiger partial charge in [0.05, 0.1) is 12.6 Å². The van der Waals surface area contributed by atoms with Crippen molar-refractivity contribution < 1.29 is 19.1 Å². The van der Waals surface area contributed by atoms with E-state index in [1.165, 1.54) is 7.11 Å². The van der Waals surface area contributed by atoms with E-state index in [4.69, 9.17) is 9.47 Å². The molecule has 6 heteroatoms. The van der Waals surface area contributed by atoms with E-state index in [0.717, 1.165) is 27.6 Å². The van der Waals surface area contributed by atoms with Crippen LogP contribution in [0.25, 0.3) is 16.5 Å². The maximum atomic E-state index is 12.5. The fourth-order valence-corrected chi connectivity index (χ4v) is 3.02. The molecular formula is C21H28N2O4. The summed E-state index contributed by atoms with van der Waals surface area (Å²) in [4.78, 5) is 28.0. The van der Waals surface area contributed by atoms with E-state index >= 15 is 0 Å². The van der Waals surface area contributed by atoms with E-state index < -0.39 is 23.2 Å². The van der Waals surface area contributed by atoms with Gasteiger partial charge in [0, 0.05) is 23.6 Å². The predicted octanol–water partition coefficient (Wildman–Crippen LogP) is 4.20. The number of carbonyl (C=O) groups excluding carboxylic acids is 2. The standard InChI is InChI=1S/C21H28N2O4/c1-13(2)15-9-8-10-16-14(12-22-17(15)16)11-21(6,18(24)26-7)23-19(25)27-20(3,4)5/h8-10,12,22H,1,11H2,2-7H3,(H,23,25)/t21-/m0/s1. The first-order valence-corrected chi connectivity index (χ1v) is 8.81. The molecule has 0 saturated carbocycles. The summed E-state index contributed by atoms with van der Waals surface area (Å²) < 4.78 is 10.2. The molecule has 1 aromatic heterocycles. The summed E-state index contributed by atoms with van der Waals surface area (Å²) in [6, 6.07) is 5.91. The molecule has 0 bridgehead atoms. The molecule has 1 amide bonds. The number of amides is 1. The molecule has 0 spiro atoms. The molecule has 2 rings (SSSR count). The zero-order valence-corrected chi connectivity index (χ0v) is 16.9. The number of H-pyrrole nitrogens is 1. The van der Waals surface area contributed by atoms with Gasteiger partial charge < -0.3 is 19.8 Å². The third kappa shape index (κ3) is 4.70. The minimum atomic E-state index is -1.27. The Hall–Kier alpha value is -2.76. The maximum absolute atomic E-state index is 12.5. The Morgan fingerprint density at radius 2 is 1.89 bits per heavy atom. The molecule has 0 saturated heterocycles. The molecule has 6 nitrogen and oxygen atoms in total. The number of rotatable bonds is 5. The third-order valence-corrected chi connectivity index (χ3v) is 4.22. The Labute approximate surface area is 159 Å². The van der Waals surface area contributed by atoms with Gasteiger partial charge in [0.2, 0.25) is 0 Å². The van der Waals surface area contributed by atoms with Crippen LogP contribution in [0.3, 0.4) is 0 Å². The van der Waals surface area contributed by atoms with Crippen molar-refractivity contribution in [3.8, 4) is 0 Å². The lowest BCUT2D eigenvalue weighted by atomic mass is 9.92. The van der Waals surface area contributed by atoms with Crippen molar-refractivity contribution in [2.24, 2.45) is 0 Å². The second kappa shape index (κ2) is 7.47. The van der Waals surface area contributed by atoms with Crippen molar-refractivity contribution >= 4 is 28.5 Å². The van der Waals surface area contributed by atoms with Gasteiger partial charge in [-0.3, -0.25) is 0 Å². The van der Waals surface area contributed by atoms with Crippen molar-refractivity contribution in [3.05, 3.63) is 42.1 Å². The maximum Gasteiger partial charge on any atom is 0.408 e. The molecule has 0 aliphatic heterocycles. The van der Waals surface area contributed by atoms with Gasteiger partial charge in [-0.25, -0.2) is 9.59 Å². The number of alkyl carbamates (subject to hydrolysis) is 1. The molecule has 0 unspecified atom stereocenters. The molecule has 1 heterocycles. The van der Waals surface area contributed by atoms with Crippen LogP contribution in [0.2, 0.25) is 0 Å². The van der Waals surface area contributed by atoms with Crippen LogP contribution in [0.4, 0.5) is 4.79 Å². The molecule has 27 heavy (non-hydrogen) atoms. The molecule has 1 aromatic carbocycles. The van der Waals surface area contributed by atoms with Gasteiger partial charge in [-0.1, -0.05) is 24.8 Å². The van der Waals surface area contributed by atoms with Gasteiger partial charge >= 0.3 is 12.1 Å². The van der Waals surface area contributed by atoms with Gasteiger partial charge in [0.15, 0.2) is 0 Å². The lowest BCUT2D eigenvalue weighted by molar-refractivity contribution is -0.147. The highest BCUT2D eigenvalue weighted by atomic mass is 16.6. The first kappa shape index (κ1) is 20.6. The van der Waals surface area contributed by atoms with Crippen LogP contribution in [-0.2, 0) is 20.7 Å². The first-order chi connectivity index (χ1) is 12.5. The van der Waals surface area contributed by atoms with Crippen molar-refractivity contribution in [2.45, 2.75) is 52.2 Å². The number of methoxy groups -OCH3 is 1. The van der Waals surface area contributed by atoms with Crippen LogP contribution in [0.5, 0.6) is 0 Å². The number of nitrogens with one attached hydrogen (secondary N) is 2. The van der Waals surface area contributed by atoms with Crippen LogP contribution in [-0.4, -0.2) is 35.3 Å². The summed E-state index contributed by atoms with van der Waals surface area (Å²) in [7, 11) is 1.30. The lowest BCUT2D eigenvalue weighted by Gasteiger charge is -2.29. The molecule has 2 aromatic rings.